The quantitative estimate of drug-likeness (QED) is 0.783. The summed E-state index contributed by atoms with van der Waals surface area (Å²) in [6, 6.07) is 11.8. The third-order valence-corrected chi connectivity index (χ3v) is 4.88. The Kier molecular flexibility index (Phi) is 4.52. The number of carbonyl (C=O) groups excluding carboxylic acids is 1. The van der Waals surface area contributed by atoms with Gasteiger partial charge in [0.25, 0.3) is 0 Å². The van der Waals surface area contributed by atoms with Crippen molar-refractivity contribution in [2.75, 3.05) is 0 Å². The first kappa shape index (κ1) is 15.4. The molecule has 6 heteroatoms. The second kappa shape index (κ2) is 6.75. The van der Waals surface area contributed by atoms with E-state index < -0.39 is 0 Å². The molecule has 0 saturated heterocycles. The number of nitrogens with zero attached hydrogens (tertiary/aromatic N) is 3. The number of amides is 1. The molecule has 1 unspecified atom stereocenters. The van der Waals surface area contributed by atoms with Crippen LogP contribution in [-0.4, -0.2) is 20.7 Å². The largest absolute Gasteiger partial charge is 0.347 e. The normalized spacial score (nSPS) is 12.1. The Hall–Kier alpha value is -2.47. The zero-order valence-electron chi connectivity index (χ0n) is 13.1. The molecule has 0 aliphatic rings. The molecule has 2 aromatic heterocycles. The van der Waals surface area contributed by atoms with E-state index in [9.17, 15) is 4.79 Å². The summed E-state index contributed by atoms with van der Waals surface area (Å²) in [5.41, 5.74) is 2.06. The van der Waals surface area contributed by atoms with Gasteiger partial charge in [-0.2, -0.15) is 5.10 Å². The van der Waals surface area contributed by atoms with E-state index in [0.717, 1.165) is 21.1 Å². The SMILES string of the molecule is Cc1nc(-c2ccccc2)sc1C(C)NC(=O)Cn1cccn1. The number of hydrogen-bond donors (Lipinski definition) is 1. The molecule has 2 heterocycles. The lowest BCUT2D eigenvalue weighted by Crippen LogP contribution is -2.30. The number of hydrogen-bond acceptors (Lipinski definition) is 4. The number of benzene rings is 1. The molecule has 1 atom stereocenters. The monoisotopic (exact) mass is 326 g/mol. The van der Waals surface area contributed by atoms with E-state index >= 15 is 0 Å². The summed E-state index contributed by atoms with van der Waals surface area (Å²) < 4.78 is 1.61. The molecule has 0 saturated carbocycles. The molecule has 3 aromatic rings. The molecule has 1 N–H and O–H groups in total. The zero-order valence-corrected chi connectivity index (χ0v) is 13.9. The second-order valence-corrected chi connectivity index (χ2v) is 6.36. The molecule has 0 aliphatic carbocycles. The van der Waals surface area contributed by atoms with Gasteiger partial charge in [-0.15, -0.1) is 11.3 Å². The van der Waals surface area contributed by atoms with Gasteiger partial charge in [0.2, 0.25) is 5.91 Å². The number of rotatable bonds is 5. The topological polar surface area (TPSA) is 59.8 Å². The Balaban J connectivity index is 1.71. The summed E-state index contributed by atoms with van der Waals surface area (Å²) in [4.78, 5) is 17.8. The molecule has 0 bridgehead atoms. The Morgan fingerprint density at radius 3 is 2.78 bits per heavy atom. The van der Waals surface area contributed by atoms with Crippen LogP contribution in [0.3, 0.4) is 0 Å². The molecular weight excluding hydrogens is 308 g/mol. The van der Waals surface area contributed by atoms with Crippen molar-refractivity contribution in [3.63, 3.8) is 0 Å². The van der Waals surface area contributed by atoms with Crippen LogP contribution in [0.5, 0.6) is 0 Å². The zero-order chi connectivity index (χ0) is 16.2. The maximum atomic E-state index is 12.1. The Morgan fingerprint density at radius 1 is 1.30 bits per heavy atom. The summed E-state index contributed by atoms with van der Waals surface area (Å²) in [7, 11) is 0. The molecule has 0 spiro atoms. The Morgan fingerprint density at radius 2 is 2.09 bits per heavy atom. The Bertz CT molecular complexity index is 780. The highest BCUT2D eigenvalue weighted by atomic mass is 32.1. The molecule has 5 nitrogen and oxygen atoms in total. The number of carbonyl (C=O) groups is 1. The number of nitrogens with one attached hydrogen (secondary N) is 1. The van der Waals surface area contributed by atoms with Crippen LogP contribution in [0.1, 0.15) is 23.5 Å². The van der Waals surface area contributed by atoms with E-state index in [1.54, 1.807) is 34.5 Å². The van der Waals surface area contributed by atoms with Crippen molar-refractivity contribution in [2.24, 2.45) is 0 Å². The average Bonchev–Trinajstić information content (AvgIpc) is 3.17. The van der Waals surface area contributed by atoms with Crippen LogP contribution in [0.15, 0.2) is 48.8 Å². The molecule has 0 fully saturated rings. The van der Waals surface area contributed by atoms with E-state index in [2.05, 4.69) is 15.4 Å². The van der Waals surface area contributed by atoms with Crippen LogP contribution in [0.25, 0.3) is 10.6 Å². The van der Waals surface area contributed by atoms with Crippen molar-refractivity contribution < 1.29 is 4.79 Å². The number of aryl methyl sites for hydroxylation is 1. The fourth-order valence-corrected chi connectivity index (χ4v) is 3.48. The van der Waals surface area contributed by atoms with Gasteiger partial charge in [0, 0.05) is 18.0 Å². The maximum absolute atomic E-state index is 12.1. The van der Waals surface area contributed by atoms with Crippen LogP contribution >= 0.6 is 11.3 Å². The van der Waals surface area contributed by atoms with Gasteiger partial charge in [-0.3, -0.25) is 9.48 Å². The predicted molar refractivity (Wildman–Crippen MR) is 91.1 cm³/mol. The van der Waals surface area contributed by atoms with Crippen molar-refractivity contribution in [3.8, 4) is 10.6 Å². The second-order valence-electron chi connectivity index (χ2n) is 5.33. The third-order valence-electron chi connectivity index (χ3n) is 3.49. The highest BCUT2D eigenvalue weighted by molar-refractivity contribution is 7.15. The van der Waals surface area contributed by atoms with Crippen molar-refractivity contribution in [2.45, 2.75) is 26.4 Å². The summed E-state index contributed by atoms with van der Waals surface area (Å²) in [5.74, 6) is -0.0599. The van der Waals surface area contributed by atoms with Crippen molar-refractivity contribution in [1.29, 1.82) is 0 Å². The number of aromatic nitrogens is 3. The summed E-state index contributed by atoms with van der Waals surface area (Å²) in [6.07, 6.45) is 3.44. The highest BCUT2D eigenvalue weighted by Gasteiger charge is 2.17. The average molecular weight is 326 g/mol. The van der Waals surface area contributed by atoms with Crippen molar-refractivity contribution >= 4 is 17.2 Å². The van der Waals surface area contributed by atoms with Gasteiger partial charge >= 0.3 is 0 Å². The van der Waals surface area contributed by atoms with Gasteiger partial charge in [0.15, 0.2) is 0 Å². The Labute approximate surface area is 139 Å². The van der Waals surface area contributed by atoms with Crippen molar-refractivity contribution in [3.05, 3.63) is 59.4 Å². The van der Waals surface area contributed by atoms with Crippen molar-refractivity contribution in [1.82, 2.24) is 20.1 Å². The lowest BCUT2D eigenvalue weighted by atomic mass is 10.2. The summed E-state index contributed by atoms with van der Waals surface area (Å²) in [6.45, 7) is 4.19. The predicted octanol–water partition coefficient (Wildman–Crippen LogP) is 3.19. The summed E-state index contributed by atoms with van der Waals surface area (Å²) in [5, 5.41) is 8.03. The highest BCUT2D eigenvalue weighted by Crippen LogP contribution is 2.31. The molecule has 0 aliphatic heterocycles. The van der Waals surface area contributed by atoms with Crippen LogP contribution < -0.4 is 5.32 Å². The van der Waals surface area contributed by atoms with Crippen LogP contribution in [-0.2, 0) is 11.3 Å². The number of thiazole rings is 1. The van der Waals surface area contributed by atoms with Crippen LogP contribution in [0.2, 0.25) is 0 Å². The van der Waals surface area contributed by atoms with Gasteiger partial charge in [0.05, 0.1) is 16.6 Å². The molecule has 1 aromatic carbocycles. The minimum absolute atomic E-state index is 0.0599. The minimum Gasteiger partial charge on any atom is -0.347 e. The summed E-state index contributed by atoms with van der Waals surface area (Å²) >= 11 is 1.62. The van der Waals surface area contributed by atoms with E-state index in [0.29, 0.717) is 0 Å². The molecule has 23 heavy (non-hydrogen) atoms. The fourth-order valence-electron chi connectivity index (χ4n) is 2.41. The molecule has 1 amide bonds. The van der Waals surface area contributed by atoms with Crippen LogP contribution in [0, 0.1) is 6.92 Å². The van der Waals surface area contributed by atoms with E-state index in [-0.39, 0.29) is 18.5 Å². The first-order valence-electron chi connectivity index (χ1n) is 7.43. The third kappa shape index (κ3) is 3.65. The molecule has 118 valence electrons. The molecule has 3 rings (SSSR count). The maximum Gasteiger partial charge on any atom is 0.242 e. The lowest BCUT2D eigenvalue weighted by Gasteiger charge is -2.12. The van der Waals surface area contributed by atoms with E-state index in [1.807, 2.05) is 44.2 Å². The van der Waals surface area contributed by atoms with E-state index in [1.165, 1.54) is 0 Å². The van der Waals surface area contributed by atoms with Gasteiger partial charge in [-0.05, 0) is 19.9 Å². The fraction of sp³-hybridized carbons (Fsp3) is 0.235. The molecular formula is C17H18N4OS. The lowest BCUT2D eigenvalue weighted by molar-refractivity contribution is -0.122. The smallest absolute Gasteiger partial charge is 0.242 e. The van der Waals surface area contributed by atoms with Gasteiger partial charge in [0.1, 0.15) is 11.6 Å². The minimum atomic E-state index is -0.0759. The van der Waals surface area contributed by atoms with Gasteiger partial charge in [-0.1, -0.05) is 30.3 Å². The van der Waals surface area contributed by atoms with Crippen LogP contribution in [0.4, 0.5) is 0 Å². The van der Waals surface area contributed by atoms with E-state index in [4.69, 9.17) is 0 Å². The van der Waals surface area contributed by atoms with Gasteiger partial charge < -0.3 is 5.32 Å². The first-order valence-corrected chi connectivity index (χ1v) is 8.24. The standard InChI is InChI=1S/C17H18N4OS/c1-12(19-15(22)11-21-10-6-9-18-21)16-13(2)20-17(23-16)14-7-4-3-5-8-14/h3-10,12H,11H2,1-2H3,(H,19,22). The molecule has 0 radical (unpaired) electrons. The first-order chi connectivity index (χ1) is 11.1. The van der Waals surface area contributed by atoms with Gasteiger partial charge in [-0.25, -0.2) is 4.98 Å².